The third-order valence-electron chi connectivity index (χ3n) is 3.99. The van der Waals surface area contributed by atoms with Gasteiger partial charge in [-0.05, 0) is 25.0 Å². The lowest BCUT2D eigenvalue weighted by atomic mass is 9.96. The number of rotatable bonds is 5. The second-order valence-corrected chi connectivity index (χ2v) is 5.69. The van der Waals surface area contributed by atoms with E-state index in [1.54, 1.807) is 19.1 Å². The second kappa shape index (κ2) is 6.36. The molecule has 1 aromatic carbocycles. The van der Waals surface area contributed by atoms with Crippen LogP contribution in [-0.4, -0.2) is 22.7 Å². The number of benzene rings is 1. The molecule has 23 heavy (non-hydrogen) atoms. The largest absolute Gasteiger partial charge is 0.481 e. The van der Waals surface area contributed by atoms with E-state index in [1.807, 2.05) is 0 Å². The van der Waals surface area contributed by atoms with Crippen molar-refractivity contribution in [2.75, 3.05) is 6.61 Å². The fourth-order valence-electron chi connectivity index (χ4n) is 2.88. The zero-order valence-electron chi connectivity index (χ0n) is 12.8. The standard InChI is InChI=1S/C16H18FN3O3/c1-11-18-15(20-23-11)16(8-4-5-9-16)19-14(21)10-22-13-7-3-2-6-12(13)17/h2-3,6-7H,4-5,8-10H2,1H3,(H,19,21). The fraction of sp³-hybridized carbons (Fsp3) is 0.438. The quantitative estimate of drug-likeness (QED) is 0.916. The Morgan fingerprint density at radius 1 is 1.39 bits per heavy atom. The highest BCUT2D eigenvalue weighted by Gasteiger charge is 2.41. The van der Waals surface area contributed by atoms with Crippen LogP contribution in [0.2, 0.25) is 0 Å². The summed E-state index contributed by atoms with van der Waals surface area (Å²) in [5.74, 6) is 0.177. The number of hydrogen-bond acceptors (Lipinski definition) is 5. The molecule has 1 N–H and O–H groups in total. The summed E-state index contributed by atoms with van der Waals surface area (Å²) in [7, 11) is 0. The Bertz CT molecular complexity index is 695. The van der Waals surface area contributed by atoms with Crippen LogP contribution in [0.1, 0.15) is 37.4 Å². The third kappa shape index (κ3) is 3.33. The SMILES string of the molecule is Cc1nc(C2(NC(=O)COc3ccccc3F)CCCC2)no1. The minimum absolute atomic E-state index is 0.0542. The van der Waals surface area contributed by atoms with E-state index in [-0.39, 0.29) is 18.3 Å². The van der Waals surface area contributed by atoms with Gasteiger partial charge in [0.05, 0.1) is 0 Å². The van der Waals surface area contributed by atoms with Crippen LogP contribution >= 0.6 is 0 Å². The summed E-state index contributed by atoms with van der Waals surface area (Å²) in [5.41, 5.74) is -0.618. The summed E-state index contributed by atoms with van der Waals surface area (Å²) in [5, 5.41) is 6.89. The first kappa shape index (κ1) is 15.5. The van der Waals surface area contributed by atoms with E-state index in [0.717, 1.165) is 25.7 Å². The summed E-state index contributed by atoms with van der Waals surface area (Å²) < 4.78 is 23.8. The molecular weight excluding hydrogens is 301 g/mol. The zero-order valence-corrected chi connectivity index (χ0v) is 12.8. The van der Waals surface area contributed by atoms with Gasteiger partial charge < -0.3 is 14.6 Å². The van der Waals surface area contributed by atoms with E-state index in [1.165, 1.54) is 12.1 Å². The topological polar surface area (TPSA) is 77.2 Å². The highest BCUT2D eigenvalue weighted by molar-refractivity contribution is 5.78. The molecule has 3 rings (SSSR count). The summed E-state index contributed by atoms with van der Waals surface area (Å²) >= 11 is 0. The van der Waals surface area contributed by atoms with Crippen molar-refractivity contribution in [1.29, 1.82) is 0 Å². The van der Waals surface area contributed by atoms with Crippen LogP contribution < -0.4 is 10.1 Å². The van der Waals surface area contributed by atoms with Gasteiger partial charge in [-0.3, -0.25) is 4.79 Å². The number of para-hydroxylation sites is 1. The maximum Gasteiger partial charge on any atom is 0.258 e. The Kier molecular flexibility index (Phi) is 4.27. The molecule has 1 aliphatic carbocycles. The molecule has 0 atom stereocenters. The van der Waals surface area contributed by atoms with Gasteiger partial charge in [0, 0.05) is 6.92 Å². The van der Waals surface area contributed by atoms with Crippen molar-refractivity contribution in [1.82, 2.24) is 15.5 Å². The van der Waals surface area contributed by atoms with Gasteiger partial charge in [-0.25, -0.2) is 4.39 Å². The van der Waals surface area contributed by atoms with Crippen LogP contribution in [0.4, 0.5) is 4.39 Å². The minimum Gasteiger partial charge on any atom is -0.481 e. The summed E-state index contributed by atoms with van der Waals surface area (Å²) in [4.78, 5) is 16.5. The van der Waals surface area contributed by atoms with Crippen molar-refractivity contribution in [2.24, 2.45) is 0 Å². The fourth-order valence-corrected chi connectivity index (χ4v) is 2.88. The second-order valence-electron chi connectivity index (χ2n) is 5.69. The molecule has 0 spiro atoms. The average Bonchev–Trinajstić information content (AvgIpc) is 3.16. The number of amides is 1. The van der Waals surface area contributed by atoms with E-state index in [9.17, 15) is 9.18 Å². The Hall–Kier alpha value is -2.44. The molecule has 122 valence electrons. The van der Waals surface area contributed by atoms with Gasteiger partial charge in [-0.1, -0.05) is 30.1 Å². The molecule has 1 aliphatic rings. The minimum atomic E-state index is -0.618. The van der Waals surface area contributed by atoms with E-state index in [2.05, 4.69) is 15.5 Å². The van der Waals surface area contributed by atoms with Crippen LogP contribution in [0.5, 0.6) is 5.75 Å². The number of halogens is 1. The third-order valence-corrected chi connectivity index (χ3v) is 3.99. The van der Waals surface area contributed by atoms with Crippen molar-refractivity contribution < 1.29 is 18.4 Å². The van der Waals surface area contributed by atoms with Gasteiger partial charge in [-0.2, -0.15) is 4.98 Å². The van der Waals surface area contributed by atoms with Gasteiger partial charge in [0.15, 0.2) is 24.0 Å². The van der Waals surface area contributed by atoms with Gasteiger partial charge in [0.25, 0.3) is 5.91 Å². The van der Waals surface area contributed by atoms with Crippen LogP contribution in [0.15, 0.2) is 28.8 Å². The van der Waals surface area contributed by atoms with Crippen molar-refractivity contribution in [3.8, 4) is 5.75 Å². The van der Waals surface area contributed by atoms with Crippen molar-refractivity contribution >= 4 is 5.91 Å². The van der Waals surface area contributed by atoms with Crippen molar-refractivity contribution in [2.45, 2.75) is 38.1 Å². The summed E-state index contributed by atoms with van der Waals surface area (Å²) in [6.07, 6.45) is 3.44. The first-order chi connectivity index (χ1) is 11.1. The molecule has 2 aromatic rings. The lowest BCUT2D eigenvalue weighted by molar-refractivity contribution is -0.125. The molecule has 0 unspecified atom stereocenters. The van der Waals surface area contributed by atoms with E-state index >= 15 is 0 Å². The molecule has 1 saturated carbocycles. The van der Waals surface area contributed by atoms with E-state index in [0.29, 0.717) is 11.7 Å². The number of carbonyl (C=O) groups is 1. The zero-order chi connectivity index (χ0) is 16.3. The number of nitrogens with zero attached hydrogens (tertiary/aromatic N) is 2. The lowest BCUT2D eigenvalue weighted by Gasteiger charge is -2.26. The van der Waals surface area contributed by atoms with Crippen molar-refractivity contribution in [3.63, 3.8) is 0 Å². The van der Waals surface area contributed by atoms with Crippen LogP contribution in [0, 0.1) is 12.7 Å². The number of carbonyl (C=O) groups excluding carboxylic acids is 1. The van der Waals surface area contributed by atoms with Gasteiger partial charge in [0.2, 0.25) is 5.89 Å². The van der Waals surface area contributed by atoms with Crippen LogP contribution in [-0.2, 0) is 10.3 Å². The maximum absolute atomic E-state index is 13.5. The normalized spacial score (nSPS) is 16.3. The molecular formula is C16H18FN3O3. The molecule has 0 radical (unpaired) electrons. The first-order valence-electron chi connectivity index (χ1n) is 7.58. The molecule has 1 fully saturated rings. The lowest BCUT2D eigenvalue weighted by Crippen LogP contribution is -2.46. The molecule has 1 aromatic heterocycles. The molecule has 1 heterocycles. The Morgan fingerprint density at radius 2 is 2.13 bits per heavy atom. The number of hydrogen-bond donors (Lipinski definition) is 1. The number of ether oxygens (including phenoxy) is 1. The Balaban J connectivity index is 1.66. The number of nitrogens with one attached hydrogen (secondary N) is 1. The van der Waals surface area contributed by atoms with Crippen molar-refractivity contribution in [3.05, 3.63) is 41.8 Å². The van der Waals surface area contributed by atoms with Gasteiger partial charge in [0.1, 0.15) is 5.54 Å². The molecule has 7 heteroatoms. The van der Waals surface area contributed by atoms with E-state index < -0.39 is 11.4 Å². The highest BCUT2D eigenvalue weighted by atomic mass is 19.1. The predicted octanol–water partition coefficient (Wildman–Crippen LogP) is 2.48. The predicted molar refractivity (Wildman–Crippen MR) is 79.2 cm³/mol. The maximum atomic E-state index is 13.5. The van der Waals surface area contributed by atoms with Crippen LogP contribution in [0.25, 0.3) is 0 Å². The van der Waals surface area contributed by atoms with Crippen LogP contribution in [0.3, 0.4) is 0 Å². The Morgan fingerprint density at radius 3 is 2.78 bits per heavy atom. The van der Waals surface area contributed by atoms with E-state index in [4.69, 9.17) is 9.26 Å². The Labute approximate surface area is 133 Å². The van der Waals surface area contributed by atoms with Gasteiger partial charge in [-0.15, -0.1) is 0 Å². The summed E-state index contributed by atoms with van der Waals surface area (Å²) in [6, 6.07) is 5.98. The molecule has 6 nitrogen and oxygen atoms in total. The molecule has 0 aliphatic heterocycles. The first-order valence-corrected chi connectivity index (χ1v) is 7.58. The highest BCUT2D eigenvalue weighted by Crippen LogP contribution is 2.37. The van der Waals surface area contributed by atoms with Gasteiger partial charge >= 0.3 is 0 Å². The molecule has 0 bridgehead atoms. The smallest absolute Gasteiger partial charge is 0.258 e. The number of aryl methyl sites for hydroxylation is 1. The monoisotopic (exact) mass is 319 g/mol. The molecule has 1 amide bonds. The molecule has 0 saturated heterocycles. The summed E-state index contributed by atoms with van der Waals surface area (Å²) in [6.45, 7) is 1.45. The average molecular weight is 319 g/mol. The number of aromatic nitrogens is 2.